The molecule has 144 valence electrons. The predicted molar refractivity (Wildman–Crippen MR) is 115 cm³/mol. The highest BCUT2D eigenvalue weighted by Crippen LogP contribution is 2.31. The molecule has 0 spiro atoms. The van der Waals surface area contributed by atoms with Crippen LogP contribution in [0.25, 0.3) is 6.08 Å². The minimum atomic E-state index is 0.405. The Labute approximate surface area is 160 Å². The van der Waals surface area contributed by atoms with Crippen molar-refractivity contribution in [2.75, 3.05) is 33.7 Å². The van der Waals surface area contributed by atoms with Gasteiger partial charge in [0, 0.05) is 12.6 Å². The molecule has 1 aliphatic rings. The zero-order chi connectivity index (χ0) is 18.9. The predicted octanol–water partition coefficient (Wildman–Crippen LogP) is 4.03. The molecular weight excluding hydrogens is 318 g/mol. The van der Waals surface area contributed by atoms with Gasteiger partial charge in [-0.2, -0.15) is 0 Å². The summed E-state index contributed by atoms with van der Waals surface area (Å²) in [5.74, 6) is 1.34. The molecule has 0 amide bonds. The Bertz CT molecular complexity index is 581. The summed E-state index contributed by atoms with van der Waals surface area (Å²) in [4.78, 5) is 2.42. The molecule has 2 rings (SSSR count). The third kappa shape index (κ3) is 5.54. The molecule has 1 fully saturated rings. The Morgan fingerprint density at radius 3 is 2.85 bits per heavy atom. The first-order valence-corrected chi connectivity index (χ1v) is 10.0. The summed E-state index contributed by atoms with van der Waals surface area (Å²) >= 11 is 0. The summed E-state index contributed by atoms with van der Waals surface area (Å²) in [6.45, 7) is 14.7. The van der Waals surface area contributed by atoms with Crippen molar-refractivity contribution in [1.82, 2.24) is 15.5 Å². The van der Waals surface area contributed by atoms with Crippen molar-refractivity contribution in [3.05, 3.63) is 54.1 Å². The van der Waals surface area contributed by atoms with Crippen LogP contribution in [0, 0.1) is 5.92 Å². The average molecular weight is 356 g/mol. The van der Waals surface area contributed by atoms with E-state index in [9.17, 15) is 0 Å². The van der Waals surface area contributed by atoms with E-state index < -0.39 is 0 Å². The highest BCUT2D eigenvalue weighted by atomic mass is 15.1. The van der Waals surface area contributed by atoms with E-state index in [0.29, 0.717) is 17.9 Å². The van der Waals surface area contributed by atoms with E-state index >= 15 is 0 Å². The van der Waals surface area contributed by atoms with Crippen LogP contribution in [0.2, 0.25) is 0 Å². The molecule has 1 aromatic rings. The number of rotatable bonds is 10. The molecule has 0 aliphatic carbocycles. The normalized spacial score (nSPS) is 21.5. The zero-order valence-corrected chi connectivity index (χ0v) is 16.9. The van der Waals surface area contributed by atoms with Gasteiger partial charge in [0.15, 0.2) is 0 Å². The molecule has 3 heteroatoms. The van der Waals surface area contributed by atoms with Gasteiger partial charge in [0.25, 0.3) is 0 Å². The molecule has 26 heavy (non-hydrogen) atoms. The summed E-state index contributed by atoms with van der Waals surface area (Å²) < 4.78 is 0. The first-order chi connectivity index (χ1) is 12.6. The van der Waals surface area contributed by atoms with E-state index in [1.807, 2.05) is 13.1 Å². The van der Waals surface area contributed by atoms with Gasteiger partial charge in [-0.25, -0.2) is 0 Å². The maximum atomic E-state index is 4.06. The van der Waals surface area contributed by atoms with Crippen LogP contribution in [0.1, 0.15) is 48.8 Å². The van der Waals surface area contributed by atoms with Crippen LogP contribution in [0.15, 0.2) is 37.4 Å². The van der Waals surface area contributed by atoms with Gasteiger partial charge in [0.2, 0.25) is 0 Å². The zero-order valence-electron chi connectivity index (χ0n) is 16.9. The lowest BCUT2D eigenvalue weighted by Gasteiger charge is -2.31. The Hall–Kier alpha value is -1.42. The minimum absolute atomic E-state index is 0.405. The number of nitrogens with zero attached hydrogens (tertiary/aromatic N) is 1. The molecule has 1 saturated heterocycles. The van der Waals surface area contributed by atoms with E-state index in [-0.39, 0.29) is 0 Å². The molecule has 0 saturated carbocycles. The van der Waals surface area contributed by atoms with E-state index in [0.717, 1.165) is 32.6 Å². The van der Waals surface area contributed by atoms with Crippen molar-refractivity contribution >= 4 is 6.08 Å². The molecule has 3 nitrogen and oxygen atoms in total. The fraction of sp³-hybridized carbons (Fsp3) is 0.565. The Kier molecular flexibility index (Phi) is 8.56. The van der Waals surface area contributed by atoms with Crippen LogP contribution in [-0.2, 0) is 6.54 Å². The number of hydrogen-bond donors (Lipinski definition) is 2. The SMILES string of the molecule is C=Cc1ccc(C2CCNCC2C)cc1CN(C)C(C=C)CCCNC. The van der Waals surface area contributed by atoms with Gasteiger partial charge in [-0.3, -0.25) is 4.90 Å². The highest BCUT2D eigenvalue weighted by molar-refractivity contribution is 5.53. The van der Waals surface area contributed by atoms with E-state index in [2.05, 4.69) is 66.9 Å². The molecule has 1 aliphatic heterocycles. The van der Waals surface area contributed by atoms with Crippen LogP contribution < -0.4 is 10.6 Å². The van der Waals surface area contributed by atoms with Gasteiger partial charge in [0.05, 0.1) is 0 Å². The molecule has 2 N–H and O–H groups in total. The lowest BCUT2D eigenvalue weighted by Crippen LogP contribution is -2.34. The van der Waals surface area contributed by atoms with E-state index in [1.54, 1.807) is 0 Å². The van der Waals surface area contributed by atoms with Gasteiger partial charge in [-0.15, -0.1) is 6.58 Å². The van der Waals surface area contributed by atoms with Crippen LogP contribution in [-0.4, -0.2) is 44.7 Å². The number of likely N-dealkylation sites (N-methyl/N-ethyl adjacent to an activating group) is 1. The lowest BCUT2D eigenvalue weighted by atomic mass is 9.81. The number of benzene rings is 1. The van der Waals surface area contributed by atoms with Crippen molar-refractivity contribution in [2.45, 2.75) is 44.7 Å². The monoisotopic (exact) mass is 355 g/mol. The third-order valence-corrected chi connectivity index (χ3v) is 5.79. The summed E-state index contributed by atoms with van der Waals surface area (Å²) in [6, 6.07) is 7.39. The first-order valence-electron chi connectivity index (χ1n) is 10.0. The Balaban J connectivity index is 2.14. The second-order valence-electron chi connectivity index (χ2n) is 7.70. The maximum Gasteiger partial charge on any atom is 0.0276 e. The van der Waals surface area contributed by atoms with Crippen LogP contribution in [0.4, 0.5) is 0 Å². The lowest BCUT2D eigenvalue weighted by molar-refractivity contribution is 0.258. The number of nitrogens with one attached hydrogen (secondary N) is 2. The average Bonchev–Trinajstić information content (AvgIpc) is 2.65. The standard InChI is InChI=1S/C23H37N3/c1-6-19-10-11-20(23-12-14-25-16-18(23)3)15-21(19)17-26(5)22(7-2)9-8-13-24-4/h6-7,10-11,15,18,22-25H,1-2,8-9,12-14,16-17H2,3-5H3. The minimum Gasteiger partial charge on any atom is -0.320 e. The third-order valence-electron chi connectivity index (χ3n) is 5.79. The molecule has 0 aromatic heterocycles. The van der Waals surface area contributed by atoms with Crippen molar-refractivity contribution in [2.24, 2.45) is 5.92 Å². The van der Waals surface area contributed by atoms with Gasteiger partial charge < -0.3 is 10.6 Å². The van der Waals surface area contributed by atoms with Crippen molar-refractivity contribution in [1.29, 1.82) is 0 Å². The summed E-state index contributed by atoms with van der Waals surface area (Å²) in [5, 5.41) is 6.74. The van der Waals surface area contributed by atoms with E-state index in [4.69, 9.17) is 0 Å². The van der Waals surface area contributed by atoms with Gasteiger partial charge in [0.1, 0.15) is 0 Å². The summed E-state index contributed by atoms with van der Waals surface area (Å²) in [6.07, 6.45) is 7.60. The van der Waals surface area contributed by atoms with Crippen molar-refractivity contribution in [3.8, 4) is 0 Å². The fourth-order valence-electron chi connectivity index (χ4n) is 4.09. The molecule has 1 heterocycles. The van der Waals surface area contributed by atoms with Crippen LogP contribution >= 0.6 is 0 Å². The summed E-state index contributed by atoms with van der Waals surface area (Å²) in [7, 11) is 4.22. The van der Waals surface area contributed by atoms with Crippen LogP contribution in [0.3, 0.4) is 0 Å². The molecule has 0 radical (unpaired) electrons. The maximum absolute atomic E-state index is 4.06. The molecule has 0 bridgehead atoms. The van der Waals surface area contributed by atoms with Gasteiger partial charge >= 0.3 is 0 Å². The smallest absolute Gasteiger partial charge is 0.0276 e. The van der Waals surface area contributed by atoms with Gasteiger partial charge in [-0.05, 0) is 81.5 Å². The number of piperidine rings is 1. The molecule has 3 unspecified atom stereocenters. The Morgan fingerprint density at radius 1 is 1.38 bits per heavy atom. The van der Waals surface area contributed by atoms with E-state index in [1.165, 1.54) is 29.5 Å². The largest absolute Gasteiger partial charge is 0.320 e. The second-order valence-corrected chi connectivity index (χ2v) is 7.70. The molecule has 3 atom stereocenters. The molecule has 1 aromatic carbocycles. The fourth-order valence-corrected chi connectivity index (χ4v) is 4.09. The molecular formula is C23H37N3. The first kappa shape index (κ1) is 20.9. The topological polar surface area (TPSA) is 27.3 Å². The summed E-state index contributed by atoms with van der Waals surface area (Å²) in [5.41, 5.74) is 4.12. The van der Waals surface area contributed by atoms with Crippen molar-refractivity contribution in [3.63, 3.8) is 0 Å². The second kappa shape index (κ2) is 10.7. The highest BCUT2D eigenvalue weighted by Gasteiger charge is 2.23. The van der Waals surface area contributed by atoms with Crippen molar-refractivity contribution < 1.29 is 0 Å². The quantitative estimate of drug-likeness (QED) is 0.490. The Morgan fingerprint density at radius 2 is 2.19 bits per heavy atom. The van der Waals surface area contributed by atoms with Crippen LogP contribution in [0.5, 0.6) is 0 Å². The van der Waals surface area contributed by atoms with Gasteiger partial charge in [-0.1, -0.05) is 43.9 Å². The number of hydrogen-bond acceptors (Lipinski definition) is 3.